The van der Waals surface area contributed by atoms with E-state index in [-0.39, 0.29) is 18.9 Å². The van der Waals surface area contributed by atoms with Crippen molar-refractivity contribution in [1.29, 1.82) is 0 Å². The molecule has 1 amide bonds. The number of hydrogen-bond donors (Lipinski definition) is 1. The van der Waals surface area contributed by atoms with Gasteiger partial charge in [0.2, 0.25) is 11.8 Å². The molecule has 3 aromatic rings. The highest BCUT2D eigenvalue weighted by molar-refractivity contribution is 7.13. The number of halogens is 3. The molecule has 158 valence electrons. The average Bonchev–Trinajstić information content (AvgIpc) is 3.19. The van der Waals surface area contributed by atoms with Crippen LogP contribution in [0.3, 0.4) is 0 Å². The van der Waals surface area contributed by atoms with Crippen molar-refractivity contribution in [2.45, 2.75) is 32.5 Å². The average molecular weight is 435 g/mol. The van der Waals surface area contributed by atoms with Gasteiger partial charge in [-0.25, -0.2) is 9.97 Å². The van der Waals surface area contributed by atoms with Crippen LogP contribution in [0.15, 0.2) is 48.0 Å². The first-order valence-electron chi connectivity index (χ1n) is 9.32. The predicted octanol–water partition coefficient (Wildman–Crippen LogP) is 4.87. The van der Waals surface area contributed by atoms with E-state index in [9.17, 15) is 18.0 Å². The summed E-state index contributed by atoms with van der Waals surface area (Å²) in [6, 6.07) is 8.58. The molecule has 5 nitrogen and oxygen atoms in total. The molecule has 0 saturated carbocycles. The molecule has 1 N–H and O–H groups in total. The number of rotatable bonds is 8. The van der Waals surface area contributed by atoms with Crippen LogP contribution in [0.5, 0.6) is 5.88 Å². The van der Waals surface area contributed by atoms with Crippen molar-refractivity contribution < 1.29 is 22.7 Å². The lowest BCUT2D eigenvalue weighted by molar-refractivity contribution is -0.137. The zero-order valence-electron chi connectivity index (χ0n) is 16.2. The van der Waals surface area contributed by atoms with Gasteiger partial charge in [0.05, 0.1) is 24.3 Å². The largest absolute Gasteiger partial charge is 0.477 e. The number of aromatic nitrogens is 2. The number of carbonyl (C=O) groups is 1. The van der Waals surface area contributed by atoms with E-state index in [1.165, 1.54) is 17.4 Å². The number of ether oxygens (including phenoxy) is 1. The minimum Gasteiger partial charge on any atom is -0.477 e. The standard InChI is InChI=1S/C21H20F3N3O2S/c1-2-9-29-19-15(6-4-8-25-19)12-26-18(28)11-17-13-30-20(27-17)14-5-3-7-16(10-14)21(22,23)24/h3-8,10,13H,2,9,11-12H2,1H3,(H,26,28). The van der Waals surface area contributed by atoms with Crippen LogP contribution in [-0.2, 0) is 23.9 Å². The Labute approximate surface area is 176 Å². The normalized spacial score (nSPS) is 11.3. The lowest BCUT2D eigenvalue weighted by atomic mass is 10.1. The molecule has 30 heavy (non-hydrogen) atoms. The second-order valence-electron chi connectivity index (χ2n) is 6.49. The lowest BCUT2D eigenvalue weighted by Gasteiger charge is -2.10. The van der Waals surface area contributed by atoms with Crippen molar-refractivity contribution in [1.82, 2.24) is 15.3 Å². The number of thiazole rings is 1. The summed E-state index contributed by atoms with van der Waals surface area (Å²) < 4.78 is 44.3. The third kappa shape index (κ3) is 5.79. The molecule has 0 fully saturated rings. The van der Waals surface area contributed by atoms with Gasteiger partial charge in [-0.1, -0.05) is 25.1 Å². The minimum atomic E-state index is -4.41. The van der Waals surface area contributed by atoms with Crippen LogP contribution in [0, 0.1) is 0 Å². The molecule has 0 radical (unpaired) electrons. The number of carbonyl (C=O) groups excluding carboxylic acids is 1. The van der Waals surface area contributed by atoms with Crippen molar-refractivity contribution in [3.05, 3.63) is 64.8 Å². The van der Waals surface area contributed by atoms with Gasteiger partial charge in [0.15, 0.2) is 0 Å². The molecule has 3 rings (SSSR count). The van der Waals surface area contributed by atoms with E-state index < -0.39 is 11.7 Å². The molecular weight excluding hydrogens is 415 g/mol. The Bertz CT molecular complexity index is 1000. The van der Waals surface area contributed by atoms with Crippen LogP contribution in [0.2, 0.25) is 0 Å². The van der Waals surface area contributed by atoms with Crippen LogP contribution in [-0.4, -0.2) is 22.5 Å². The van der Waals surface area contributed by atoms with Crippen molar-refractivity contribution in [3.8, 4) is 16.5 Å². The summed E-state index contributed by atoms with van der Waals surface area (Å²) in [6.07, 6.45) is -1.91. The Morgan fingerprint density at radius 2 is 2.07 bits per heavy atom. The Hall–Kier alpha value is -2.94. The van der Waals surface area contributed by atoms with Gasteiger partial charge in [-0.2, -0.15) is 13.2 Å². The monoisotopic (exact) mass is 435 g/mol. The number of nitrogens with one attached hydrogen (secondary N) is 1. The smallest absolute Gasteiger partial charge is 0.416 e. The molecule has 0 bridgehead atoms. The third-order valence-electron chi connectivity index (χ3n) is 4.10. The fourth-order valence-corrected chi connectivity index (χ4v) is 3.47. The van der Waals surface area contributed by atoms with Crippen LogP contribution >= 0.6 is 11.3 Å². The first kappa shape index (κ1) is 21.8. The fourth-order valence-electron chi connectivity index (χ4n) is 2.66. The van der Waals surface area contributed by atoms with Gasteiger partial charge < -0.3 is 10.1 Å². The number of amides is 1. The van der Waals surface area contributed by atoms with Gasteiger partial charge in [0.1, 0.15) is 5.01 Å². The second-order valence-corrected chi connectivity index (χ2v) is 7.35. The van der Waals surface area contributed by atoms with Gasteiger partial charge in [0.25, 0.3) is 0 Å². The summed E-state index contributed by atoms with van der Waals surface area (Å²) in [4.78, 5) is 20.8. The summed E-state index contributed by atoms with van der Waals surface area (Å²) in [5, 5.41) is 4.91. The summed E-state index contributed by atoms with van der Waals surface area (Å²) in [6.45, 7) is 2.79. The summed E-state index contributed by atoms with van der Waals surface area (Å²) in [7, 11) is 0. The number of alkyl halides is 3. The van der Waals surface area contributed by atoms with Crippen molar-refractivity contribution in [3.63, 3.8) is 0 Å². The lowest BCUT2D eigenvalue weighted by Crippen LogP contribution is -2.25. The second kappa shape index (κ2) is 9.71. The quantitative estimate of drug-likeness (QED) is 0.548. The molecule has 0 atom stereocenters. The zero-order valence-corrected chi connectivity index (χ0v) is 17.0. The van der Waals surface area contributed by atoms with Gasteiger partial charge in [-0.05, 0) is 24.6 Å². The molecule has 0 aliphatic carbocycles. The Kier molecular flexibility index (Phi) is 7.04. The van der Waals surface area contributed by atoms with Crippen LogP contribution < -0.4 is 10.1 Å². The topological polar surface area (TPSA) is 64.1 Å². The van der Waals surface area contributed by atoms with E-state index in [1.807, 2.05) is 13.0 Å². The molecule has 1 aromatic carbocycles. The maximum atomic E-state index is 12.9. The van der Waals surface area contributed by atoms with Crippen molar-refractivity contribution in [2.75, 3.05) is 6.61 Å². The van der Waals surface area contributed by atoms with E-state index in [0.717, 1.165) is 24.1 Å². The van der Waals surface area contributed by atoms with Crippen molar-refractivity contribution in [2.24, 2.45) is 0 Å². The first-order valence-corrected chi connectivity index (χ1v) is 10.2. The number of hydrogen-bond acceptors (Lipinski definition) is 5. The van der Waals surface area contributed by atoms with E-state index in [4.69, 9.17) is 4.74 Å². The fraction of sp³-hybridized carbons (Fsp3) is 0.286. The Morgan fingerprint density at radius 3 is 2.83 bits per heavy atom. The van der Waals surface area contributed by atoms with Gasteiger partial charge >= 0.3 is 6.18 Å². The minimum absolute atomic E-state index is 0.0286. The van der Waals surface area contributed by atoms with E-state index in [1.54, 1.807) is 23.7 Å². The van der Waals surface area contributed by atoms with Crippen LogP contribution in [0.1, 0.15) is 30.2 Å². The van der Waals surface area contributed by atoms with Crippen LogP contribution in [0.25, 0.3) is 10.6 Å². The highest BCUT2D eigenvalue weighted by Gasteiger charge is 2.30. The molecule has 0 aliphatic heterocycles. The highest BCUT2D eigenvalue weighted by Crippen LogP contribution is 2.33. The molecule has 2 heterocycles. The van der Waals surface area contributed by atoms with Gasteiger partial charge in [-0.15, -0.1) is 11.3 Å². The van der Waals surface area contributed by atoms with Crippen LogP contribution in [0.4, 0.5) is 13.2 Å². The zero-order chi connectivity index (χ0) is 21.6. The highest BCUT2D eigenvalue weighted by atomic mass is 32.1. The van der Waals surface area contributed by atoms with Crippen molar-refractivity contribution >= 4 is 17.2 Å². The molecule has 2 aromatic heterocycles. The Morgan fingerprint density at radius 1 is 1.23 bits per heavy atom. The SMILES string of the molecule is CCCOc1ncccc1CNC(=O)Cc1csc(-c2cccc(C(F)(F)F)c2)n1. The third-order valence-corrected chi connectivity index (χ3v) is 5.04. The van der Waals surface area contributed by atoms with E-state index in [2.05, 4.69) is 15.3 Å². The molecule has 0 spiro atoms. The Balaban J connectivity index is 1.61. The molecule has 9 heteroatoms. The predicted molar refractivity (Wildman–Crippen MR) is 108 cm³/mol. The first-order chi connectivity index (χ1) is 14.4. The van der Waals surface area contributed by atoms with E-state index in [0.29, 0.717) is 28.8 Å². The van der Waals surface area contributed by atoms with Gasteiger partial charge in [-0.3, -0.25) is 4.79 Å². The van der Waals surface area contributed by atoms with Gasteiger partial charge in [0, 0.05) is 29.2 Å². The molecule has 0 aliphatic rings. The molecule has 0 unspecified atom stereocenters. The maximum absolute atomic E-state index is 12.9. The molecule has 0 saturated heterocycles. The maximum Gasteiger partial charge on any atom is 0.416 e. The summed E-state index contributed by atoms with van der Waals surface area (Å²) in [5.74, 6) is 0.237. The number of pyridine rings is 1. The number of nitrogens with zero attached hydrogens (tertiary/aromatic N) is 2. The summed E-state index contributed by atoms with van der Waals surface area (Å²) in [5.41, 5.74) is 0.905. The number of benzene rings is 1. The molecular formula is C21H20F3N3O2S. The summed E-state index contributed by atoms with van der Waals surface area (Å²) >= 11 is 1.20. The van der Waals surface area contributed by atoms with E-state index >= 15 is 0 Å².